The Kier molecular flexibility index (Phi) is 5.08. The number of nitrogens with zero attached hydrogens (tertiary/aromatic N) is 3. The highest BCUT2D eigenvalue weighted by molar-refractivity contribution is 5.97. The SMILES string of the molecule is CC(=O)c1cn(C(C)C)c2cc(N(C)Cc3cccnc3)c(F)cc2c1=O. The van der Waals surface area contributed by atoms with Gasteiger partial charge in [0.15, 0.2) is 11.2 Å². The van der Waals surface area contributed by atoms with Crippen molar-refractivity contribution in [2.45, 2.75) is 33.4 Å². The molecule has 0 aliphatic carbocycles. The summed E-state index contributed by atoms with van der Waals surface area (Å²) in [7, 11) is 1.79. The Morgan fingerprint density at radius 3 is 2.67 bits per heavy atom. The number of carbonyl (C=O) groups is 1. The third-order valence-corrected chi connectivity index (χ3v) is 4.59. The molecule has 140 valence electrons. The highest BCUT2D eigenvalue weighted by Crippen LogP contribution is 2.27. The van der Waals surface area contributed by atoms with Gasteiger partial charge >= 0.3 is 0 Å². The molecule has 2 heterocycles. The molecule has 0 atom stereocenters. The molecule has 2 aromatic heterocycles. The zero-order valence-corrected chi connectivity index (χ0v) is 15.9. The molecule has 0 aliphatic heterocycles. The van der Waals surface area contributed by atoms with Crippen molar-refractivity contribution in [1.29, 1.82) is 0 Å². The average Bonchev–Trinajstić information content (AvgIpc) is 2.62. The second-order valence-electron chi connectivity index (χ2n) is 6.97. The summed E-state index contributed by atoms with van der Waals surface area (Å²) in [4.78, 5) is 30.3. The van der Waals surface area contributed by atoms with Crippen molar-refractivity contribution in [2.75, 3.05) is 11.9 Å². The van der Waals surface area contributed by atoms with E-state index in [2.05, 4.69) is 4.98 Å². The molecule has 0 radical (unpaired) electrons. The Labute approximate surface area is 157 Å². The smallest absolute Gasteiger partial charge is 0.200 e. The summed E-state index contributed by atoms with van der Waals surface area (Å²) < 4.78 is 16.7. The molecule has 0 saturated carbocycles. The van der Waals surface area contributed by atoms with Gasteiger partial charge in [-0.1, -0.05) is 6.07 Å². The van der Waals surface area contributed by atoms with Gasteiger partial charge in [0.25, 0.3) is 0 Å². The van der Waals surface area contributed by atoms with Gasteiger partial charge in [-0.3, -0.25) is 14.6 Å². The van der Waals surface area contributed by atoms with Crippen molar-refractivity contribution in [1.82, 2.24) is 9.55 Å². The van der Waals surface area contributed by atoms with Gasteiger partial charge in [0.2, 0.25) is 0 Å². The lowest BCUT2D eigenvalue weighted by Gasteiger charge is -2.22. The van der Waals surface area contributed by atoms with Crippen molar-refractivity contribution in [3.05, 3.63) is 70.0 Å². The quantitative estimate of drug-likeness (QED) is 0.641. The average molecular weight is 367 g/mol. The minimum Gasteiger partial charge on any atom is -0.368 e. The van der Waals surface area contributed by atoms with E-state index in [1.54, 1.807) is 36.6 Å². The number of fused-ring (bicyclic) bond motifs is 1. The van der Waals surface area contributed by atoms with Crippen molar-refractivity contribution in [3.63, 3.8) is 0 Å². The highest BCUT2D eigenvalue weighted by Gasteiger charge is 2.18. The summed E-state index contributed by atoms with van der Waals surface area (Å²) >= 11 is 0. The van der Waals surface area contributed by atoms with Crippen LogP contribution in [0.5, 0.6) is 0 Å². The highest BCUT2D eigenvalue weighted by atomic mass is 19.1. The van der Waals surface area contributed by atoms with E-state index in [9.17, 15) is 14.0 Å². The number of aromatic nitrogens is 2. The number of anilines is 1. The number of benzene rings is 1. The van der Waals surface area contributed by atoms with Crippen LogP contribution in [0, 0.1) is 5.82 Å². The van der Waals surface area contributed by atoms with E-state index in [0.717, 1.165) is 5.56 Å². The lowest BCUT2D eigenvalue weighted by Crippen LogP contribution is -2.21. The van der Waals surface area contributed by atoms with Gasteiger partial charge in [-0.2, -0.15) is 0 Å². The molecule has 6 heteroatoms. The van der Waals surface area contributed by atoms with Gasteiger partial charge in [0.05, 0.1) is 16.8 Å². The molecule has 0 fully saturated rings. The predicted octanol–water partition coefficient (Wildman–Crippen LogP) is 3.96. The summed E-state index contributed by atoms with van der Waals surface area (Å²) in [5, 5.41) is 0.215. The predicted molar refractivity (Wildman–Crippen MR) is 105 cm³/mol. The molecule has 3 aromatic rings. The van der Waals surface area contributed by atoms with Crippen LogP contribution in [0.25, 0.3) is 10.9 Å². The topological polar surface area (TPSA) is 55.2 Å². The molecular weight excluding hydrogens is 345 g/mol. The van der Waals surface area contributed by atoms with Crippen LogP contribution in [-0.2, 0) is 6.54 Å². The van der Waals surface area contributed by atoms with E-state index < -0.39 is 11.2 Å². The van der Waals surface area contributed by atoms with E-state index in [4.69, 9.17) is 0 Å². The van der Waals surface area contributed by atoms with Gasteiger partial charge < -0.3 is 9.47 Å². The number of rotatable bonds is 5. The number of hydrogen-bond donors (Lipinski definition) is 0. The van der Waals surface area contributed by atoms with Crippen molar-refractivity contribution in [2.24, 2.45) is 0 Å². The Morgan fingerprint density at radius 1 is 1.33 bits per heavy atom. The summed E-state index contributed by atoms with van der Waals surface area (Å²) in [5.41, 5.74) is 1.58. The minimum atomic E-state index is -0.498. The zero-order valence-electron chi connectivity index (χ0n) is 15.9. The van der Waals surface area contributed by atoms with Crippen LogP contribution >= 0.6 is 0 Å². The molecular formula is C21H22FN3O2. The van der Waals surface area contributed by atoms with Crippen molar-refractivity contribution in [3.8, 4) is 0 Å². The summed E-state index contributed by atoms with van der Waals surface area (Å²) in [6.45, 7) is 5.74. The Hall–Kier alpha value is -3.02. The molecule has 5 nitrogen and oxygen atoms in total. The molecule has 0 aliphatic rings. The van der Waals surface area contributed by atoms with E-state index in [1.807, 2.05) is 30.5 Å². The molecule has 3 rings (SSSR count). The van der Waals surface area contributed by atoms with Crippen LogP contribution in [0.4, 0.5) is 10.1 Å². The second-order valence-corrected chi connectivity index (χ2v) is 6.97. The van der Waals surface area contributed by atoms with Crippen LogP contribution in [-0.4, -0.2) is 22.4 Å². The first-order valence-electron chi connectivity index (χ1n) is 8.79. The van der Waals surface area contributed by atoms with Crippen LogP contribution in [0.1, 0.15) is 42.7 Å². The first kappa shape index (κ1) is 18.8. The van der Waals surface area contributed by atoms with E-state index in [1.165, 1.54) is 13.0 Å². The maximum Gasteiger partial charge on any atom is 0.200 e. The van der Waals surface area contributed by atoms with Gasteiger partial charge in [-0.25, -0.2) is 4.39 Å². The minimum absolute atomic E-state index is 0.00754. The molecule has 0 unspecified atom stereocenters. The van der Waals surface area contributed by atoms with Gasteiger partial charge in [0.1, 0.15) is 5.82 Å². The first-order valence-corrected chi connectivity index (χ1v) is 8.79. The van der Waals surface area contributed by atoms with Gasteiger partial charge in [-0.05, 0) is 44.5 Å². The fourth-order valence-electron chi connectivity index (χ4n) is 3.18. The lowest BCUT2D eigenvalue weighted by atomic mass is 10.1. The van der Waals surface area contributed by atoms with Crippen molar-refractivity contribution < 1.29 is 9.18 Å². The van der Waals surface area contributed by atoms with Crippen LogP contribution in [0.3, 0.4) is 0 Å². The molecule has 27 heavy (non-hydrogen) atoms. The standard InChI is InChI=1S/C21H22FN3O2/c1-13(2)25-12-17(14(3)26)21(27)16-8-18(22)20(9-19(16)25)24(4)11-15-6-5-7-23-10-15/h5-10,12-13H,11H2,1-4H3. The Balaban J connectivity index is 2.18. The molecule has 0 spiro atoms. The van der Waals surface area contributed by atoms with E-state index in [-0.39, 0.29) is 22.8 Å². The third kappa shape index (κ3) is 3.60. The monoisotopic (exact) mass is 367 g/mol. The number of Topliss-reactive ketones (excluding diaryl/α,β-unsaturated/α-hetero) is 1. The largest absolute Gasteiger partial charge is 0.368 e. The molecule has 0 N–H and O–H groups in total. The fourth-order valence-corrected chi connectivity index (χ4v) is 3.18. The molecule has 0 saturated heterocycles. The number of hydrogen-bond acceptors (Lipinski definition) is 4. The zero-order chi connectivity index (χ0) is 19.7. The Bertz CT molecular complexity index is 1060. The van der Waals surface area contributed by atoms with Crippen LogP contribution in [0.15, 0.2) is 47.7 Å². The van der Waals surface area contributed by atoms with E-state index in [0.29, 0.717) is 17.7 Å². The third-order valence-electron chi connectivity index (χ3n) is 4.59. The number of halogens is 1. The normalized spacial score (nSPS) is 11.2. The number of carbonyl (C=O) groups excluding carboxylic acids is 1. The summed E-state index contributed by atoms with van der Waals surface area (Å²) in [6, 6.07) is 6.67. The Morgan fingerprint density at radius 2 is 2.07 bits per heavy atom. The molecule has 1 aromatic carbocycles. The fraction of sp³-hybridized carbons (Fsp3) is 0.286. The van der Waals surface area contributed by atoms with Gasteiger partial charge in [0, 0.05) is 43.6 Å². The van der Waals surface area contributed by atoms with Crippen molar-refractivity contribution >= 4 is 22.4 Å². The number of pyridine rings is 2. The van der Waals surface area contributed by atoms with Gasteiger partial charge in [-0.15, -0.1) is 0 Å². The summed E-state index contributed by atoms with van der Waals surface area (Å²) in [6.07, 6.45) is 4.99. The molecule has 0 bridgehead atoms. The maximum atomic E-state index is 14.8. The lowest BCUT2D eigenvalue weighted by molar-refractivity contribution is 0.101. The van der Waals surface area contributed by atoms with E-state index >= 15 is 0 Å². The first-order chi connectivity index (χ1) is 12.8. The molecule has 0 amide bonds. The van der Waals surface area contributed by atoms with Crippen LogP contribution < -0.4 is 10.3 Å². The van der Waals surface area contributed by atoms with Crippen LogP contribution in [0.2, 0.25) is 0 Å². The second kappa shape index (κ2) is 7.31. The number of ketones is 1. The summed E-state index contributed by atoms with van der Waals surface area (Å²) in [5.74, 6) is -0.823. The maximum absolute atomic E-state index is 14.8.